The molecule has 0 fully saturated rings. The first kappa shape index (κ1) is 20.7. The first-order valence-electron chi connectivity index (χ1n) is 10.6. The Bertz CT molecular complexity index is 1150. The van der Waals surface area contributed by atoms with Gasteiger partial charge in [0.2, 0.25) is 0 Å². The van der Waals surface area contributed by atoms with E-state index in [-0.39, 0.29) is 12.5 Å². The van der Waals surface area contributed by atoms with Gasteiger partial charge in [-0.3, -0.25) is 4.79 Å². The zero-order valence-corrected chi connectivity index (χ0v) is 17.8. The zero-order valence-electron chi connectivity index (χ0n) is 17.8. The zero-order chi connectivity index (χ0) is 21.5. The van der Waals surface area contributed by atoms with Gasteiger partial charge in [0.05, 0.1) is 11.0 Å². The number of hydrogen-bond acceptors (Lipinski definition) is 3. The van der Waals surface area contributed by atoms with Crippen LogP contribution in [0.4, 0.5) is 0 Å². The van der Waals surface area contributed by atoms with Crippen molar-refractivity contribution in [1.82, 2.24) is 14.9 Å². The number of nitrogens with zero attached hydrogens (tertiary/aromatic N) is 2. The molecule has 3 aromatic carbocycles. The van der Waals surface area contributed by atoms with Crippen molar-refractivity contribution in [2.45, 2.75) is 26.3 Å². The molecule has 1 N–H and O–H groups in total. The Kier molecular flexibility index (Phi) is 6.62. The van der Waals surface area contributed by atoms with Gasteiger partial charge in [0.25, 0.3) is 5.91 Å². The van der Waals surface area contributed by atoms with E-state index < -0.39 is 0 Å². The Morgan fingerprint density at radius 1 is 0.968 bits per heavy atom. The quantitative estimate of drug-likeness (QED) is 0.411. The summed E-state index contributed by atoms with van der Waals surface area (Å²) in [6.07, 6.45) is 1.61. The standard InChI is InChI=1S/C26H27N3O2/c1-20-10-5-6-11-21(20)18-29-24-15-8-7-14-23(24)28-25(29)16-9-17-27-26(30)19-31-22-12-3-2-4-13-22/h2-8,10-15H,9,16-19H2,1H3,(H,27,30). The maximum absolute atomic E-state index is 12.1. The largest absolute Gasteiger partial charge is 0.484 e. The van der Waals surface area contributed by atoms with Gasteiger partial charge in [0, 0.05) is 19.5 Å². The lowest BCUT2D eigenvalue weighted by Gasteiger charge is -2.12. The summed E-state index contributed by atoms with van der Waals surface area (Å²) in [4.78, 5) is 16.9. The predicted molar refractivity (Wildman–Crippen MR) is 123 cm³/mol. The Hall–Kier alpha value is -3.60. The highest BCUT2D eigenvalue weighted by Gasteiger charge is 2.12. The van der Waals surface area contributed by atoms with E-state index in [1.807, 2.05) is 36.4 Å². The number of ether oxygens (including phenoxy) is 1. The molecule has 0 radical (unpaired) electrons. The number of imidazole rings is 1. The molecule has 158 valence electrons. The minimum Gasteiger partial charge on any atom is -0.484 e. The molecule has 5 nitrogen and oxygen atoms in total. The summed E-state index contributed by atoms with van der Waals surface area (Å²) < 4.78 is 7.78. The van der Waals surface area contributed by atoms with E-state index in [0.29, 0.717) is 12.3 Å². The summed E-state index contributed by atoms with van der Waals surface area (Å²) in [7, 11) is 0. The molecule has 4 rings (SSSR count). The lowest BCUT2D eigenvalue weighted by atomic mass is 10.1. The first-order chi connectivity index (χ1) is 15.2. The third-order valence-electron chi connectivity index (χ3n) is 5.34. The van der Waals surface area contributed by atoms with Crippen LogP contribution in [0.25, 0.3) is 11.0 Å². The van der Waals surface area contributed by atoms with Crippen LogP contribution in [0.5, 0.6) is 5.75 Å². The normalized spacial score (nSPS) is 10.9. The highest BCUT2D eigenvalue weighted by atomic mass is 16.5. The minimum absolute atomic E-state index is 0.0236. The summed E-state index contributed by atoms with van der Waals surface area (Å²) in [5, 5.41) is 2.93. The first-order valence-corrected chi connectivity index (χ1v) is 10.6. The second-order valence-corrected chi connectivity index (χ2v) is 7.58. The Balaban J connectivity index is 1.36. The third kappa shape index (κ3) is 5.31. The van der Waals surface area contributed by atoms with Gasteiger partial charge in [-0.15, -0.1) is 0 Å². The van der Waals surface area contributed by atoms with Crippen molar-refractivity contribution in [3.8, 4) is 5.75 Å². The summed E-state index contributed by atoms with van der Waals surface area (Å²) in [5.41, 5.74) is 4.71. The number of benzene rings is 3. The van der Waals surface area contributed by atoms with Crippen LogP contribution in [-0.2, 0) is 17.8 Å². The van der Waals surface area contributed by atoms with Crippen LogP contribution in [-0.4, -0.2) is 28.6 Å². The van der Waals surface area contributed by atoms with Crippen LogP contribution in [0.15, 0.2) is 78.9 Å². The average Bonchev–Trinajstić information content (AvgIpc) is 3.15. The second-order valence-electron chi connectivity index (χ2n) is 7.58. The molecule has 0 spiro atoms. The molecule has 0 aliphatic carbocycles. The topological polar surface area (TPSA) is 56.2 Å². The van der Waals surface area contributed by atoms with E-state index in [2.05, 4.69) is 59.3 Å². The fourth-order valence-electron chi connectivity index (χ4n) is 3.64. The number of amides is 1. The maximum atomic E-state index is 12.1. The summed E-state index contributed by atoms with van der Waals surface area (Å²) >= 11 is 0. The van der Waals surface area contributed by atoms with E-state index in [0.717, 1.165) is 36.2 Å². The number of carbonyl (C=O) groups is 1. The number of hydrogen-bond donors (Lipinski definition) is 1. The van der Waals surface area contributed by atoms with Crippen molar-refractivity contribution in [1.29, 1.82) is 0 Å². The van der Waals surface area contributed by atoms with E-state index in [9.17, 15) is 4.79 Å². The van der Waals surface area contributed by atoms with Gasteiger partial charge >= 0.3 is 0 Å². The van der Waals surface area contributed by atoms with Gasteiger partial charge in [0.1, 0.15) is 11.6 Å². The molecule has 1 heterocycles. The predicted octanol–water partition coefficient (Wildman–Crippen LogP) is 4.52. The Morgan fingerprint density at radius 3 is 2.55 bits per heavy atom. The highest BCUT2D eigenvalue weighted by molar-refractivity contribution is 5.77. The fourth-order valence-corrected chi connectivity index (χ4v) is 3.64. The molecule has 0 atom stereocenters. The van der Waals surface area contributed by atoms with Gasteiger partial charge in [-0.05, 0) is 48.7 Å². The molecule has 0 unspecified atom stereocenters. The van der Waals surface area contributed by atoms with Crippen molar-refractivity contribution in [2.24, 2.45) is 0 Å². The van der Waals surface area contributed by atoms with Crippen LogP contribution in [0.3, 0.4) is 0 Å². The number of nitrogens with one attached hydrogen (secondary N) is 1. The molecule has 1 amide bonds. The van der Waals surface area contributed by atoms with Gasteiger partial charge in [0.15, 0.2) is 6.61 Å². The van der Waals surface area contributed by atoms with Crippen LogP contribution in [0, 0.1) is 6.92 Å². The smallest absolute Gasteiger partial charge is 0.257 e. The number of carbonyl (C=O) groups excluding carboxylic acids is 1. The monoisotopic (exact) mass is 413 g/mol. The summed E-state index contributed by atoms with van der Waals surface area (Å²) in [6.45, 7) is 3.54. The van der Waals surface area contributed by atoms with Gasteiger partial charge in [-0.25, -0.2) is 4.98 Å². The number of aromatic nitrogens is 2. The molecule has 0 saturated heterocycles. The van der Waals surface area contributed by atoms with E-state index in [4.69, 9.17) is 9.72 Å². The molecule has 4 aromatic rings. The number of fused-ring (bicyclic) bond motifs is 1. The van der Waals surface area contributed by atoms with Crippen LogP contribution in [0.1, 0.15) is 23.4 Å². The SMILES string of the molecule is Cc1ccccc1Cn1c(CCCNC(=O)COc2ccccc2)nc2ccccc21. The minimum atomic E-state index is -0.114. The lowest BCUT2D eigenvalue weighted by molar-refractivity contribution is -0.123. The summed E-state index contributed by atoms with van der Waals surface area (Å²) in [5.74, 6) is 1.62. The molecule has 1 aromatic heterocycles. The molecule has 0 bridgehead atoms. The average molecular weight is 414 g/mol. The molecule has 5 heteroatoms. The Morgan fingerprint density at radius 2 is 1.71 bits per heavy atom. The molecule has 0 aliphatic heterocycles. The van der Waals surface area contributed by atoms with Crippen molar-refractivity contribution < 1.29 is 9.53 Å². The number of para-hydroxylation sites is 3. The van der Waals surface area contributed by atoms with Crippen molar-refractivity contribution in [3.63, 3.8) is 0 Å². The van der Waals surface area contributed by atoms with Crippen LogP contribution >= 0.6 is 0 Å². The van der Waals surface area contributed by atoms with Crippen molar-refractivity contribution in [3.05, 3.63) is 95.8 Å². The second kappa shape index (κ2) is 9.94. The fraction of sp³-hybridized carbons (Fsp3) is 0.231. The maximum Gasteiger partial charge on any atom is 0.257 e. The van der Waals surface area contributed by atoms with Crippen LogP contribution in [0.2, 0.25) is 0 Å². The van der Waals surface area contributed by atoms with Gasteiger partial charge in [-0.1, -0.05) is 54.6 Å². The highest BCUT2D eigenvalue weighted by Crippen LogP contribution is 2.20. The molecule has 0 saturated carbocycles. The molecular formula is C26H27N3O2. The number of rotatable bonds is 9. The van der Waals surface area contributed by atoms with E-state index >= 15 is 0 Å². The third-order valence-corrected chi connectivity index (χ3v) is 5.34. The Labute approximate surface area is 182 Å². The van der Waals surface area contributed by atoms with E-state index in [1.165, 1.54) is 11.1 Å². The van der Waals surface area contributed by atoms with E-state index in [1.54, 1.807) is 0 Å². The molecule has 31 heavy (non-hydrogen) atoms. The molecular weight excluding hydrogens is 386 g/mol. The van der Waals surface area contributed by atoms with Crippen LogP contribution < -0.4 is 10.1 Å². The number of aryl methyl sites for hydroxylation is 2. The van der Waals surface area contributed by atoms with Gasteiger partial charge < -0.3 is 14.6 Å². The molecule has 0 aliphatic rings. The summed E-state index contributed by atoms with van der Waals surface area (Å²) in [6, 6.07) is 26.1. The van der Waals surface area contributed by atoms with Gasteiger partial charge in [-0.2, -0.15) is 0 Å². The lowest BCUT2D eigenvalue weighted by Crippen LogP contribution is -2.30. The van der Waals surface area contributed by atoms with Crippen molar-refractivity contribution in [2.75, 3.05) is 13.2 Å². The van der Waals surface area contributed by atoms with Crippen molar-refractivity contribution >= 4 is 16.9 Å².